The van der Waals surface area contributed by atoms with E-state index in [-0.39, 0.29) is 0 Å². The van der Waals surface area contributed by atoms with Gasteiger partial charge in [0, 0.05) is 12.3 Å². The molecule has 0 aliphatic heterocycles. The average molecular weight is 186 g/mol. The van der Waals surface area contributed by atoms with Crippen LogP contribution in [0.25, 0.3) is 0 Å². The minimum atomic E-state index is 0.808. The lowest BCUT2D eigenvalue weighted by atomic mass is 10.1. The second-order valence-corrected chi connectivity index (χ2v) is 3.47. The van der Waals surface area contributed by atoms with E-state index in [0.29, 0.717) is 0 Å². The Morgan fingerprint density at radius 2 is 1.33 bits per heavy atom. The number of alkyl halides is 1. The van der Waals surface area contributed by atoms with Gasteiger partial charge in [0.2, 0.25) is 0 Å². The molecule has 1 heteroatoms. The molecule has 0 unspecified atom stereocenters. The standard InChI is InChI=1S/C11H18Cl/c1-2-3-4-5-6-7-8-9-10-11-12/h3-11H2. The molecule has 69 valence electrons. The first-order valence-electron chi connectivity index (χ1n) is 4.87. The van der Waals surface area contributed by atoms with Gasteiger partial charge in [0.1, 0.15) is 0 Å². The van der Waals surface area contributed by atoms with E-state index in [4.69, 9.17) is 18.0 Å². The zero-order valence-corrected chi connectivity index (χ0v) is 8.50. The molecule has 12 heavy (non-hydrogen) atoms. The van der Waals surface area contributed by atoms with Crippen LogP contribution in [0.1, 0.15) is 51.4 Å². The minimum Gasteiger partial charge on any atom is -0.127 e. The van der Waals surface area contributed by atoms with Crippen LogP contribution in [0.3, 0.4) is 0 Å². The molecule has 1 radical (unpaired) electrons. The van der Waals surface area contributed by atoms with Crippen molar-refractivity contribution in [2.24, 2.45) is 0 Å². The highest BCUT2D eigenvalue weighted by Crippen LogP contribution is 2.08. The number of unbranched alkanes of at least 4 members (excludes halogenated alkanes) is 7. The van der Waals surface area contributed by atoms with Gasteiger partial charge in [-0.05, 0) is 19.3 Å². The lowest BCUT2D eigenvalue weighted by molar-refractivity contribution is 0.595. The summed E-state index contributed by atoms with van der Waals surface area (Å²) in [6.45, 7) is 0. The minimum absolute atomic E-state index is 0.808. The quantitative estimate of drug-likeness (QED) is 0.305. The van der Waals surface area contributed by atoms with Gasteiger partial charge in [-0.25, -0.2) is 0 Å². The Labute approximate surface area is 81.7 Å². The van der Waals surface area contributed by atoms with Gasteiger partial charge >= 0.3 is 0 Å². The maximum Gasteiger partial charge on any atom is 0.0223 e. The molecule has 0 aliphatic carbocycles. The SMILES string of the molecule is [C]#CCCCCCCCCCCl. The van der Waals surface area contributed by atoms with Crippen molar-refractivity contribution in [3.63, 3.8) is 0 Å². The van der Waals surface area contributed by atoms with Crippen LogP contribution in [0.15, 0.2) is 0 Å². The van der Waals surface area contributed by atoms with E-state index in [2.05, 4.69) is 5.92 Å². The van der Waals surface area contributed by atoms with Gasteiger partial charge in [0.05, 0.1) is 0 Å². The van der Waals surface area contributed by atoms with Crippen LogP contribution >= 0.6 is 11.6 Å². The summed E-state index contributed by atoms with van der Waals surface area (Å²) < 4.78 is 0. The molecule has 0 saturated carbocycles. The van der Waals surface area contributed by atoms with Crippen molar-refractivity contribution in [2.45, 2.75) is 51.4 Å². The third-order valence-corrected chi connectivity index (χ3v) is 2.20. The van der Waals surface area contributed by atoms with E-state index >= 15 is 0 Å². The Hall–Kier alpha value is -0.150. The Bertz CT molecular complexity index is 113. The fourth-order valence-corrected chi connectivity index (χ4v) is 1.38. The largest absolute Gasteiger partial charge is 0.127 e. The van der Waals surface area contributed by atoms with Crippen molar-refractivity contribution >= 4 is 11.6 Å². The molecule has 0 aromatic heterocycles. The highest BCUT2D eigenvalue weighted by atomic mass is 35.5. The van der Waals surface area contributed by atoms with Gasteiger partial charge in [-0.3, -0.25) is 0 Å². The third-order valence-electron chi connectivity index (χ3n) is 1.94. The third kappa shape index (κ3) is 9.85. The fourth-order valence-electron chi connectivity index (χ4n) is 1.19. The number of halogens is 1. The van der Waals surface area contributed by atoms with E-state index < -0.39 is 0 Å². The molecule has 0 aromatic carbocycles. The van der Waals surface area contributed by atoms with Crippen LogP contribution in [0.2, 0.25) is 0 Å². The van der Waals surface area contributed by atoms with Crippen molar-refractivity contribution in [2.75, 3.05) is 5.88 Å². The Balaban J connectivity index is 2.78. The zero-order valence-electron chi connectivity index (χ0n) is 7.74. The predicted octanol–water partition coefficient (Wildman–Crippen LogP) is 3.94. The fraction of sp³-hybridized carbons (Fsp3) is 0.818. The van der Waals surface area contributed by atoms with Crippen LogP contribution in [0.4, 0.5) is 0 Å². The summed E-state index contributed by atoms with van der Waals surface area (Å²) in [5.74, 6) is 3.22. The maximum absolute atomic E-state index is 6.71. The molecule has 0 saturated heterocycles. The van der Waals surface area contributed by atoms with Crippen molar-refractivity contribution in [1.29, 1.82) is 0 Å². The molecule has 0 aliphatic rings. The van der Waals surface area contributed by atoms with Crippen molar-refractivity contribution in [3.8, 4) is 5.92 Å². The number of rotatable bonds is 8. The summed E-state index contributed by atoms with van der Waals surface area (Å²) in [4.78, 5) is 0. The normalized spacial score (nSPS) is 9.67. The predicted molar refractivity (Wildman–Crippen MR) is 54.8 cm³/mol. The highest BCUT2D eigenvalue weighted by molar-refractivity contribution is 6.17. The lowest BCUT2D eigenvalue weighted by Gasteiger charge is -1.98. The molecule has 0 N–H and O–H groups in total. The zero-order chi connectivity index (χ0) is 9.07. The van der Waals surface area contributed by atoms with Gasteiger partial charge < -0.3 is 0 Å². The average Bonchev–Trinajstić information content (AvgIpc) is 2.10. The summed E-state index contributed by atoms with van der Waals surface area (Å²) in [5, 5.41) is 0. The topological polar surface area (TPSA) is 0 Å². The second kappa shape index (κ2) is 10.8. The van der Waals surface area contributed by atoms with Gasteiger partial charge in [0.15, 0.2) is 0 Å². The molecule has 0 spiro atoms. The Morgan fingerprint density at radius 3 is 1.83 bits per heavy atom. The molecule has 0 heterocycles. The highest BCUT2D eigenvalue weighted by Gasteiger charge is 1.90. The van der Waals surface area contributed by atoms with Crippen molar-refractivity contribution in [3.05, 3.63) is 6.42 Å². The molecule has 0 fully saturated rings. The van der Waals surface area contributed by atoms with E-state index in [1.165, 1.54) is 32.1 Å². The molecule has 0 aromatic rings. The second-order valence-electron chi connectivity index (χ2n) is 3.09. The maximum atomic E-state index is 6.71. The van der Waals surface area contributed by atoms with E-state index in [9.17, 15) is 0 Å². The molecular weight excluding hydrogens is 168 g/mol. The van der Waals surface area contributed by atoms with Crippen molar-refractivity contribution in [1.82, 2.24) is 0 Å². The summed E-state index contributed by atoms with van der Waals surface area (Å²) >= 11 is 5.55. The van der Waals surface area contributed by atoms with Crippen molar-refractivity contribution < 1.29 is 0 Å². The first-order valence-corrected chi connectivity index (χ1v) is 5.41. The van der Waals surface area contributed by atoms with E-state index in [0.717, 1.165) is 25.1 Å². The Morgan fingerprint density at radius 1 is 0.833 bits per heavy atom. The van der Waals surface area contributed by atoms with Crippen LogP contribution in [-0.2, 0) is 0 Å². The molecule has 0 rings (SSSR count). The smallest absolute Gasteiger partial charge is 0.0223 e. The first kappa shape index (κ1) is 11.8. The van der Waals surface area contributed by atoms with E-state index in [1.807, 2.05) is 0 Å². The number of hydrogen-bond donors (Lipinski definition) is 0. The molecule has 0 atom stereocenters. The summed E-state index contributed by atoms with van der Waals surface area (Å²) in [6.07, 6.45) is 16.3. The first-order chi connectivity index (χ1) is 5.91. The summed E-state index contributed by atoms with van der Waals surface area (Å²) in [6, 6.07) is 0. The number of hydrogen-bond acceptors (Lipinski definition) is 0. The molecule has 0 bridgehead atoms. The molecular formula is C11H18Cl. The summed E-state index contributed by atoms with van der Waals surface area (Å²) in [5.41, 5.74) is 0. The van der Waals surface area contributed by atoms with Crippen LogP contribution < -0.4 is 0 Å². The van der Waals surface area contributed by atoms with Gasteiger partial charge in [-0.15, -0.1) is 11.6 Å². The lowest BCUT2D eigenvalue weighted by Crippen LogP contribution is -1.80. The molecule has 0 amide bonds. The van der Waals surface area contributed by atoms with Gasteiger partial charge in [-0.1, -0.05) is 38.0 Å². The van der Waals surface area contributed by atoms with Crippen LogP contribution in [0, 0.1) is 12.3 Å². The van der Waals surface area contributed by atoms with Crippen LogP contribution in [0.5, 0.6) is 0 Å². The summed E-state index contributed by atoms with van der Waals surface area (Å²) in [7, 11) is 0. The van der Waals surface area contributed by atoms with E-state index in [1.54, 1.807) is 0 Å². The van der Waals surface area contributed by atoms with Gasteiger partial charge in [0.25, 0.3) is 0 Å². The molecule has 0 nitrogen and oxygen atoms in total. The van der Waals surface area contributed by atoms with Gasteiger partial charge in [-0.2, -0.15) is 0 Å². The van der Waals surface area contributed by atoms with Crippen LogP contribution in [-0.4, -0.2) is 5.88 Å². The monoisotopic (exact) mass is 185 g/mol. The Kier molecular flexibility index (Phi) is 10.7.